The number of pyridine rings is 1. The minimum Gasteiger partial charge on any atom is -0.382 e. The summed E-state index contributed by atoms with van der Waals surface area (Å²) >= 11 is 0. The summed E-state index contributed by atoms with van der Waals surface area (Å²) in [6.07, 6.45) is 3.89. The molecule has 0 aliphatic heterocycles. The molecular formula is C17H16N8. The monoisotopic (exact) mass is 332 g/mol. The summed E-state index contributed by atoms with van der Waals surface area (Å²) in [6.45, 7) is 2.36. The van der Waals surface area contributed by atoms with Gasteiger partial charge in [-0.3, -0.25) is 4.98 Å². The maximum absolute atomic E-state index is 8.87. The molecule has 0 saturated heterocycles. The van der Waals surface area contributed by atoms with E-state index >= 15 is 0 Å². The van der Waals surface area contributed by atoms with Gasteiger partial charge in [0.15, 0.2) is 5.82 Å². The lowest BCUT2D eigenvalue weighted by atomic mass is 10.2. The summed E-state index contributed by atoms with van der Waals surface area (Å²) in [4.78, 5) is 21.5. The number of rotatable bonds is 5. The number of nitrogens with one attached hydrogen (secondary N) is 1. The average Bonchev–Trinajstić information content (AvgIpc) is 2.67. The first kappa shape index (κ1) is 16.3. The molecule has 0 atom stereocenters. The maximum Gasteiger partial charge on any atom is 0.180 e. The number of nitriles is 1. The molecule has 0 radical (unpaired) electrons. The molecule has 3 heterocycles. The van der Waals surface area contributed by atoms with Gasteiger partial charge in [0, 0.05) is 18.0 Å². The molecule has 0 bridgehead atoms. The molecule has 3 N–H and O–H groups in total. The third-order valence-corrected chi connectivity index (χ3v) is 3.45. The summed E-state index contributed by atoms with van der Waals surface area (Å²) in [6, 6.07) is 9.42. The van der Waals surface area contributed by atoms with Crippen LogP contribution >= 0.6 is 0 Å². The van der Waals surface area contributed by atoms with Crippen molar-refractivity contribution in [1.82, 2.24) is 24.9 Å². The Morgan fingerprint density at radius 1 is 1.20 bits per heavy atom. The molecule has 25 heavy (non-hydrogen) atoms. The first-order chi connectivity index (χ1) is 12.2. The second-order valence-corrected chi connectivity index (χ2v) is 5.19. The summed E-state index contributed by atoms with van der Waals surface area (Å²) in [5, 5.41) is 12.0. The Labute approximate surface area is 144 Å². The molecule has 0 saturated carbocycles. The predicted molar refractivity (Wildman–Crippen MR) is 93.1 cm³/mol. The molecule has 0 amide bonds. The van der Waals surface area contributed by atoms with Crippen LogP contribution in [0.3, 0.4) is 0 Å². The second kappa shape index (κ2) is 7.31. The van der Waals surface area contributed by atoms with E-state index in [9.17, 15) is 0 Å². The van der Waals surface area contributed by atoms with Crippen molar-refractivity contribution in [3.63, 3.8) is 0 Å². The Balaban J connectivity index is 1.83. The van der Waals surface area contributed by atoms with Crippen molar-refractivity contribution in [2.24, 2.45) is 0 Å². The van der Waals surface area contributed by atoms with Gasteiger partial charge >= 0.3 is 0 Å². The number of nitrogens with two attached hydrogens (primary N) is 1. The average molecular weight is 332 g/mol. The Kier molecular flexibility index (Phi) is 4.76. The molecule has 124 valence electrons. The zero-order valence-corrected chi connectivity index (χ0v) is 13.6. The highest BCUT2D eigenvalue weighted by molar-refractivity contribution is 5.53. The van der Waals surface area contributed by atoms with Crippen LogP contribution in [-0.2, 0) is 13.0 Å². The van der Waals surface area contributed by atoms with Crippen LogP contribution in [0.2, 0.25) is 0 Å². The number of nitrogens with zero attached hydrogens (tertiary/aromatic N) is 6. The van der Waals surface area contributed by atoms with Crippen molar-refractivity contribution >= 4 is 11.6 Å². The largest absolute Gasteiger partial charge is 0.382 e. The third kappa shape index (κ3) is 3.84. The number of anilines is 2. The number of hydrogen-bond donors (Lipinski definition) is 2. The van der Waals surface area contributed by atoms with Crippen LogP contribution in [0.4, 0.5) is 11.6 Å². The maximum atomic E-state index is 8.87. The fourth-order valence-electron chi connectivity index (χ4n) is 2.15. The summed E-state index contributed by atoms with van der Waals surface area (Å²) in [5.41, 5.74) is 7.58. The zero-order valence-electron chi connectivity index (χ0n) is 13.6. The van der Waals surface area contributed by atoms with Crippen LogP contribution in [-0.4, -0.2) is 24.9 Å². The van der Waals surface area contributed by atoms with Crippen molar-refractivity contribution < 1.29 is 0 Å². The summed E-state index contributed by atoms with van der Waals surface area (Å²) in [5.74, 6) is 1.86. The van der Waals surface area contributed by atoms with Crippen molar-refractivity contribution in [3.05, 3.63) is 53.7 Å². The molecule has 8 nitrogen and oxygen atoms in total. The van der Waals surface area contributed by atoms with Crippen LogP contribution in [0.1, 0.15) is 24.0 Å². The molecule has 3 aromatic heterocycles. The van der Waals surface area contributed by atoms with Crippen molar-refractivity contribution in [1.29, 1.82) is 5.26 Å². The first-order valence-electron chi connectivity index (χ1n) is 7.74. The summed E-state index contributed by atoms with van der Waals surface area (Å²) < 4.78 is 0. The van der Waals surface area contributed by atoms with E-state index in [0.717, 1.165) is 12.1 Å². The quantitative estimate of drug-likeness (QED) is 0.726. The van der Waals surface area contributed by atoms with Gasteiger partial charge < -0.3 is 11.1 Å². The van der Waals surface area contributed by atoms with E-state index in [2.05, 4.69) is 30.2 Å². The van der Waals surface area contributed by atoms with Gasteiger partial charge in [0.2, 0.25) is 0 Å². The van der Waals surface area contributed by atoms with Gasteiger partial charge in [-0.1, -0.05) is 13.0 Å². The summed E-state index contributed by atoms with van der Waals surface area (Å²) in [7, 11) is 0. The fourth-order valence-corrected chi connectivity index (χ4v) is 2.15. The lowest BCUT2D eigenvalue weighted by Crippen LogP contribution is -2.09. The van der Waals surface area contributed by atoms with Crippen LogP contribution in [0, 0.1) is 11.3 Å². The van der Waals surface area contributed by atoms with Crippen LogP contribution in [0.25, 0.3) is 11.5 Å². The van der Waals surface area contributed by atoms with Gasteiger partial charge in [-0.2, -0.15) is 5.26 Å². The smallest absolute Gasteiger partial charge is 0.180 e. The van der Waals surface area contributed by atoms with E-state index in [4.69, 9.17) is 11.0 Å². The molecule has 0 aliphatic carbocycles. The van der Waals surface area contributed by atoms with Gasteiger partial charge in [0.05, 0.1) is 12.7 Å². The lowest BCUT2D eigenvalue weighted by Gasteiger charge is -2.09. The van der Waals surface area contributed by atoms with Crippen LogP contribution < -0.4 is 11.1 Å². The van der Waals surface area contributed by atoms with Gasteiger partial charge in [-0.15, -0.1) is 0 Å². The number of aromatic nitrogens is 5. The number of aryl methyl sites for hydroxylation is 1. The van der Waals surface area contributed by atoms with Gasteiger partial charge in [0.1, 0.15) is 34.8 Å². The molecule has 3 rings (SSSR count). The van der Waals surface area contributed by atoms with Crippen LogP contribution in [0.15, 0.2) is 36.7 Å². The van der Waals surface area contributed by atoms with Gasteiger partial charge in [-0.05, 0) is 18.6 Å². The Morgan fingerprint density at radius 3 is 2.76 bits per heavy atom. The molecule has 0 aromatic carbocycles. The van der Waals surface area contributed by atoms with Crippen molar-refractivity contribution in [3.8, 4) is 17.6 Å². The van der Waals surface area contributed by atoms with E-state index in [1.165, 1.54) is 6.20 Å². The lowest BCUT2D eigenvalue weighted by molar-refractivity contribution is 0.931. The molecule has 0 fully saturated rings. The normalized spacial score (nSPS) is 10.2. The highest BCUT2D eigenvalue weighted by Crippen LogP contribution is 2.16. The highest BCUT2D eigenvalue weighted by Gasteiger charge is 2.08. The van der Waals surface area contributed by atoms with E-state index in [1.54, 1.807) is 6.20 Å². The Morgan fingerprint density at radius 2 is 2.08 bits per heavy atom. The molecule has 0 unspecified atom stereocenters. The van der Waals surface area contributed by atoms with E-state index < -0.39 is 0 Å². The third-order valence-electron chi connectivity index (χ3n) is 3.45. The molecule has 0 spiro atoms. The van der Waals surface area contributed by atoms with Gasteiger partial charge in [0.25, 0.3) is 0 Å². The minimum absolute atomic E-state index is 0.167. The SMILES string of the molecule is CCc1cc(NCc2ncc(C#N)c(N)n2)nc(-c2ccccn2)n1. The topological polar surface area (TPSA) is 126 Å². The second-order valence-electron chi connectivity index (χ2n) is 5.19. The van der Waals surface area contributed by atoms with Crippen molar-refractivity contribution in [2.75, 3.05) is 11.1 Å². The Hall–Kier alpha value is -3.60. The number of nitrogen functional groups attached to an aromatic ring is 1. The standard InChI is InChI=1S/C17H16N8/c1-2-12-7-14(25-17(23-12)13-5-3-4-6-20-13)22-10-15-21-9-11(8-18)16(19)24-15/h3-7,9H,2,10H2,1H3,(H2,19,21,24)(H,22,23,25). The molecule has 3 aromatic rings. The predicted octanol–water partition coefficient (Wildman–Crippen LogP) is 1.96. The zero-order chi connectivity index (χ0) is 17.6. The Bertz CT molecular complexity index is 918. The highest BCUT2D eigenvalue weighted by atomic mass is 15.1. The molecule has 8 heteroatoms. The van der Waals surface area contributed by atoms with Crippen molar-refractivity contribution in [2.45, 2.75) is 19.9 Å². The first-order valence-corrected chi connectivity index (χ1v) is 7.74. The molecular weight excluding hydrogens is 316 g/mol. The molecule has 0 aliphatic rings. The number of hydrogen-bond acceptors (Lipinski definition) is 8. The van der Waals surface area contributed by atoms with E-state index in [-0.39, 0.29) is 11.4 Å². The van der Waals surface area contributed by atoms with E-state index in [1.807, 2.05) is 37.3 Å². The van der Waals surface area contributed by atoms with E-state index in [0.29, 0.717) is 29.7 Å². The fraction of sp³-hybridized carbons (Fsp3) is 0.176. The minimum atomic E-state index is 0.167. The van der Waals surface area contributed by atoms with Gasteiger partial charge in [-0.25, -0.2) is 19.9 Å². The van der Waals surface area contributed by atoms with Crippen LogP contribution in [0.5, 0.6) is 0 Å².